The zero-order chi connectivity index (χ0) is 12.8. The molecule has 0 heterocycles. The molecule has 0 aliphatic rings. The van der Waals surface area contributed by atoms with Crippen LogP contribution in [0.25, 0.3) is 0 Å². The third kappa shape index (κ3) is 4.04. The molecule has 17 heavy (non-hydrogen) atoms. The second-order valence-electron chi connectivity index (χ2n) is 5.23. The van der Waals surface area contributed by atoms with Crippen molar-refractivity contribution in [3.63, 3.8) is 0 Å². The summed E-state index contributed by atoms with van der Waals surface area (Å²) >= 11 is 0. The molecule has 0 fully saturated rings. The van der Waals surface area contributed by atoms with E-state index in [1.807, 2.05) is 12.1 Å². The normalized spacial score (nSPS) is 14.7. The monoisotopic (exact) mass is 235 g/mol. The van der Waals surface area contributed by atoms with Gasteiger partial charge in [-0.25, -0.2) is 0 Å². The number of rotatable bonds is 6. The summed E-state index contributed by atoms with van der Waals surface area (Å²) in [5.74, 6) is 2.65. The molecule has 2 atom stereocenters. The van der Waals surface area contributed by atoms with Crippen LogP contribution in [0.3, 0.4) is 0 Å². The predicted octanol–water partition coefficient (Wildman–Crippen LogP) is 3.42. The maximum atomic E-state index is 5.93. The van der Waals surface area contributed by atoms with Crippen LogP contribution in [-0.4, -0.2) is 13.7 Å². The minimum Gasteiger partial charge on any atom is -0.497 e. The number of methoxy groups -OCH3 is 1. The van der Waals surface area contributed by atoms with Crippen molar-refractivity contribution < 1.29 is 4.74 Å². The van der Waals surface area contributed by atoms with E-state index in [4.69, 9.17) is 10.5 Å². The van der Waals surface area contributed by atoms with E-state index < -0.39 is 0 Å². The van der Waals surface area contributed by atoms with Crippen molar-refractivity contribution in [3.05, 3.63) is 29.8 Å². The lowest BCUT2D eigenvalue weighted by atomic mass is 9.82. The third-order valence-electron chi connectivity index (χ3n) is 3.31. The van der Waals surface area contributed by atoms with Gasteiger partial charge >= 0.3 is 0 Å². The lowest BCUT2D eigenvalue weighted by Crippen LogP contribution is -2.21. The van der Waals surface area contributed by atoms with Gasteiger partial charge in [0.05, 0.1) is 7.11 Å². The van der Waals surface area contributed by atoms with Crippen molar-refractivity contribution in [2.75, 3.05) is 13.7 Å². The Hall–Kier alpha value is -1.02. The Bertz CT molecular complexity index is 335. The summed E-state index contributed by atoms with van der Waals surface area (Å²) in [6.07, 6.45) is 1.21. The second kappa shape index (κ2) is 6.65. The molecule has 1 aromatic rings. The lowest BCUT2D eigenvalue weighted by Gasteiger charge is -2.24. The van der Waals surface area contributed by atoms with Gasteiger partial charge in [0.2, 0.25) is 0 Å². The molecule has 2 heteroatoms. The molecule has 0 aliphatic carbocycles. The van der Waals surface area contributed by atoms with Gasteiger partial charge in [-0.15, -0.1) is 0 Å². The van der Waals surface area contributed by atoms with Crippen LogP contribution in [0.5, 0.6) is 5.75 Å². The first-order valence-corrected chi connectivity index (χ1v) is 6.42. The van der Waals surface area contributed by atoms with E-state index in [-0.39, 0.29) is 0 Å². The molecule has 1 aromatic carbocycles. The fourth-order valence-corrected chi connectivity index (χ4v) is 2.48. The number of ether oxygens (including phenoxy) is 1. The van der Waals surface area contributed by atoms with Crippen LogP contribution in [0.2, 0.25) is 0 Å². The van der Waals surface area contributed by atoms with E-state index in [1.54, 1.807) is 7.11 Å². The summed E-state index contributed by atoms with van der Waals surface area (Å²) in [6.45, 7) is 7.50. The maximum absolute atomic E-state index is 5.93. The van der Waals surface area contributed by atoms with Crippen LogP contribution in [0.1, 0.15) is 38.7 Å². The first-order chi connectivity index (χ1) is 8.08. The molecule has 0 aliphatic heterocycles. The highest BCUT2D eigenvalue weighted by Crippen LogP contribution is 2.30. The molecule has 2 nitrogen and oxygen atoms in total. The highest BCUT2D eigenvalue weighted by atomic mass is 16.5. The third-order valence-corrected chi connectivity index (χ3v) is 3.31. The zero-order valence-corrected chi connectivity index (χ0v) is 11.4. The molecule has 0 saturated heterocycles. The molecule has 0 radical (unpaired) electrons. The van der Waals surface area contributed by atoms with Gasteiger partial charge < -0.3 is 10.5 Å². The highest BCUT2D eigenvalue weighted by Gasteiger charge is 2.19. The van der Waals surface area contributed by atoms with Gasteiger partial charge in [0.1, 0.15) is 5.75 Å². The van der Waals surface area contributed by atoms with Gasteiger partial charge in [-0.1, -0.05) is 32.9 Å². The number of hydrogen-bond acceptors (Lipinski definition) is 2. The SMILES string of the molecule is COc1cccc(C(CN)C(C)CC(C)C)c1. The van der Waals surface area contributed by atoms with Crippen molar-refractivity contribution in [1.29, 1.82) is 0 Å². The first-order valence-electron chi connectivity index (χ1n) is 6.42. The minimum absolute atomic E-state index is 0.424. The van der Waals surface area contributed by atoms with E-state index in [0.717, 1.165) is 5.75 Å². The Balaban J connectivity index is 2.84. The lowest BCUT2D eigenvalue weighted by molar-refractivity contribution is 0.374. The molecule has 1 rings (SSSR count). The minimum atomic E-state index is 0.424. The molecule has 2 N–H and O–H groups in total. The van der Waals surface area contributed by atoms with Gasteiger partial charge in [0, 0.05) is 0 Å². The van der Waals surface area contributed by atoms with Crippen molar-refractivity contribution in [3.8, 4) is 5.75 Å². The highest BCUT2D eigenvalue weighted by molar-refractivity contribution is 5.31. The number of nitrogens with two attached hydrogens (primary N) is 1. The fourth-order valence-electron chi connectivity index (χ4n) is 2.48. The Labute approximate surface area is 105 Å². The summed E-state index contributed by atoms with van der Waals surface area (Å²) < 4.78 is 5.27. The molecule has 0 bridgehead atoms. The molecule has 96 valence electrons. The predicted molar refractivity (Wildman–Crippen MR) is 73.4 cm³/mol. The largest absolute Gasteiger partial charge is 0.497 e. The van der Waals surface area contributed by atoms with Gasteiger partial charge in [0.25, 0.3) is 0 Å². The van der Waals surface area contributed by atoms with E-state index in [0.29, 0.717) is 24.3 Å². The topological polar surface area (TPSA) is 35.2 Å². The standard InChI is InChI=1S/C15H25NO/c1-11(2)8-12(3)15(10-16)13-6-5-7-14(9-13)17-4/h5-7,9,11-12,15H,8,10,16H2,1-4H3. The van der Waals surface area contributed by atoms with E-state index in [9.17, 15) is 0 Å². The van der Waals surface area contributed by atoms with Gasteiger partial charge in [-0.05, 0) is 48.4 Å². The van der Waals surface area contributed by atoms with Gasteiger partial charge in [-0.3, -0.25) is 0 Å². The van der Waals surface area contributed by atoms with E-state index >= 15 is 0 Å². The van der Waals surface area contributed by atoms with Crippen LogP contribution in [0, 0.1) is 11.8 Å². The van der Waals surface area contributed by atoms with Crippen molar-refractivity contribution in [2.45, 2.75) is 33.1 Å². The average Bonchev–Trinajstić information content (AvgIpc) is 2.29. The Morgan fingerprint density at radius 2 is 1.94 bits per heavy atom. The van der Waals surface area contributed by atoms with Crippen molar-refractivity contribution in [2.24, 2.45) is 17.6 Å². The Kier molecular flexibility index (Phi) is 5.49. The fraction of sp³-hybridized carbons (Fsp3) is 0.600. The molecule has 2 unspecified atom stereocenters. The maximum Gasteiger partial charge on any atom is 0.119 e. The average molecular weight is 235 g/mol. The second-order valence-corrected chi connectivity index (χ2v) is 5.23. The van der Waals surface area contributed by atoms with Crippen LogP contribution in [0.15, 0.2) is 24.3 Å². The van der Waals surface area contributed by atoms with Crippen LogP contribution in [0.4, 0.5) is 0 Å². The summed E-state index contributed by atoms with van der Waals surface area (Å²) in [5, 5.41) is 0. The van der Waals surface area contributed by atoms with Gasteiger partial charge in [-0.2, -0.15) is 0 Å². The first kappa shape index (κ1) is 14.0. The summed E-state index contributed by atoms with van der Waals surface area (Å²) in [4.78, 5) is 0. The quantitative estimate of drug-likeness (QED) is 0.820. The van der Waals surface area contributed by atoms with Crippen molar-refractivity contribution in [1.82, 2.24) is 0 Å². The molecule has 0 aromatic heterocycles. The molecule has 0 saturated carbocycles. The number of hydrogen-bond donors (Lipinski definition) is 1. The molecule has 0 spiro atoms. The van der Waals surface area contributed by atoms with E-state index in [1.165, 1.54) is 12.0 Å². The van der Waals surface area contributed by atoms with Crippen molar-refractivity contribution >= 4 is 0 Å². The smallest absolute Gasteiger partial charge is 0.119 e. The summed E-state index contributed by atoms with van der Waals surface area (Å²) in [5.41, 5.74) is 7.22. The molecular formula is C15H25NO. The zero-order valence-electron chi connectivity index (χ0n) is 11.4. The van der Waals surface area contributed by atoms with E-state index in [2.05, 4.69) is 32.9 Å². The van der Waals surface area contributed by atoms with Crippen LogP contribution >= 0.6 is 0 Å². The Morgan fingerprint density at radius 1 is 1.24 bits per heavy atom. The molecule has 0 amide bonds. The Morgan fingerprint density at radius 3 is 2.47 bits per heavy atom. The number of benzene rings is 1. The molecular weight excluding hydrogens is 210 g/mol. The van der Waals surface area contributed by atoms with Crippen LogP contribution < -0.4 is 10.5 Å². The summed E-state index contributed by atoms with van der Waals surface area (Å²) in [7, 11) is 1.70. The summed E-state index contributed by atoms with van der Waals surface area (Å²) in [6, 6.07) is 8.27. The van der Waals surface area contributed by atoms with Crippen LogP contribution in [-0.2, 0) is 0 Å². The van der Waals surface area contributed by atoms with Gasteiger partial charge in [0.15, 0.2) is 0 Å².